The summed E-state index contributed by atoms with van der Waals surface area (Å²) in [6.45, 7) is 4.22. The number of benzene rings is 1. The number of nitrogens with one attached hydrogen (secondary N) is 1. The first kappa shape index (κ1) is 17.5. The summed E-state index contributed by atoms with van der Waals surface area (Å²) >= 11 is 0. The summed E-state index contributed by atoms with van der Waals surface area (Å²) in [5.41, 5.74) is 2.63. The Hall–Kier alpha value is -1.84. The number of hydrogen-bond donors (Lipinski definition) is 2. The van der Waals surface area contributed by atoms with Crippen molar-refractivity contribution >= 4 is 11.9 Å². The molecule has 0 bridgehead atoms. The number of carboxylic acids is 1. The van der Waals surface area contributed by atoms with Crippen molar-refractivity contribution in [1.29, 1.82) is 0 Å². The minimum atomic E-state index is -0.831. The molecule has 0 saturated heterocycles. The smallest absolute Gasteiger partial charge is 0.308 e. The van der Waals surface area contributed by atoms with E-state index in [1.807, 2.05) is 26.0 Å². The average Bonchev–Trinajstić information content (AvgIpc) is 2.51. The van der Waals surface area contributed by atoms with Gasteiger partial charge in [-0.2, -0.15) is 0 Å². The molecule has 1 aliphatic rings. The number of rotatable bonds is 7. The highest BCUT2D eigenvalue weighted by atomic mass is 16.4. The molecule has 2 unspecified atom stereocenters. The van der Waals surface area contributed by atoms with Gasteiger partial charge in [-0.1, -0.05) is 38.1 Å². The number of hydrogen-bond acceptors (Lipinski definition) is 2. The maximum atomic E-state index is 12.2. The normalized spacial score (nSPS) is 18.3. The third-order valence-corrected chi connectivity index (χ3v) is 4.58. The second-order valence-corrected chi connectivity index (χ2v) is 6.96. The maximum absolute atomic E-state index is 12.2. The van der Waals surface area contributed by atoms with Crippen LogP contribution in [0.4, 0.5) is 0 Å². The third-order valence-electron chi connectivity index (χ3n) is 4.58. The lowest BCUT2D eigenvalue weighted by Crippen LogP contribution is -2.34. The summed E-state index contributed by atoms with van der Waals surface area (Å²) < 4.78 is 0. The van der Waals surface area contributed by atoms with Crippen LogP contribution in [0.15, 0.2) is 24.3 Å². The fourth-order valence-corrected chi connectivity index (χ4v) is 3.44. The molecule has 0 heterocycles. The van der Waals surface area contributed by atoms with Crippen LogP contribution in [0.2, 0.25) is 0 Å². The van der Waals surface area contributed by atoms with Crippen molar-refractivity contribution in [2.24, 2.45) is 11.8 Å². The Morgan fingerprint density at radius 3 is 2.74 bits per heavy atom. The van der Waals surface area contributed by atoms with Crippen LogP contribution in [-0.4, -0.2) is 23.5 Å². The van der Waals surface area contributed by atoms with Gasteiger partial charge < -0.3 is 10.4 Å². The zero-order chi connectivity index (χ0) is 16.8. The van der Waals surface area contributed by atoms with E-state index in [1.54, 1.807) is 0 Å². The van der Waals surface area contributed by atoms with E-state index in [0.717, 1.165) is 19.3 Å². The van der Waals surface area contributed by atoms with Crippen molar-refractivity contribution in [1.82, 2.24) is 5.32 Å². The minimum Gasteiger partial charge on any atom is -0.481 e. The Morgan fingerprint density at radius 1 is 1.30 bits per heavy atom. The van der Waals surface area contributed by atoms with Crippen LogP contribution < -0.4 is 5.32 Å². The lowest BCUT2D eigenvalue weighted by Gasteiger charge is -2.25. The van der Waals surface area contributed by atoms with E-state index in [-0.39, 0.29) is 18.4 Å². The first-order valence-electron chi connectivity index (χ1n) is 8.54. The van der Waals surface area contributed by atoms with Gasteiger partial charge in [0.2, 0.25) is 5.91 Å². The number of aryl methyl sites for hydroxylation is 1. The fourth-order valence-electron chi connectivity index (χ4n) is 3.44. The third kappa shape index (κ3) is 5.08. The number of carbonyl (C=O) groups is 2. The SMILES string of the molecule is CC(C)CC(CNC(=O)CC1CCCc2ccccc21)C(=O)O. The number of carboxylic acid groups (broad SMARTS) is 1. The van der Waals surface area contributed by atoms with Gasteiger partial charge in [-0.05, 0) is 48.6 Å². The van der Waals surface area contributed by atoms with Crippen LogP contribution in [0.1, 0.15) is 56.6 Å². The van der Waals surface area contributed by atoms with Crippen LogP contribution in [0.25, 0.3) is 0 Å². The molecule has 0 fully saturated rings. The molecule has 1 aromatic rings. The molecule has 23 heavy (non-hydrogen) atoms. The molecule has 1 amide bonds. The van der Waals surface area contributed by atoms with Crippen molar-refractivity contribution in [3.05, 3.63) is 35.4 Å². The Kier molecular flexibility index (Phi) is 6.20. The molecule has 1 aromatic carbocycles. The van der Waals surface area contributed by atoms with Gasteiger partial charge in [-0.15, -0.1) is 0 Å². The van der Waals surface area contributed by atoms with E-state index in [0.29, 0.717) is 18.8 Å². The van der Waals surface area contributed by atoms with Crippen LogP contribution in [0.3, 0.4) is 0 Å². The van der Waals surface area contributed by atoms with E-state index >= 15 is 0 Å². The lowest BCUT2D eigenvalue weighted by molar-refractivity contribution is -0.142. The number of amides is 1. The highest BCUT2D eigenvalue weighted by molar-refractivity contribution is 5.78. The number of fused-ring (bicyclic) bond motifs is 1. The average molecular weight is 317 g/mol. The van der Waals surface area contributed by atoms with E-state index in [1.165, 1.54) is 11.1 Å². The largest absolute Gasteiger partial charge is 0.481 e. The van der Waals surface area contributed by atoms with Crippen molar-refractivity contribution in [2.45, 2.75) is 51.9 Å². The summed E-state index contributed by atoms with van der Waals surface area (Å²) in [5.74, 6) is -0.812. The molecule has 2 atom stereocenters. The van der Waals surface area contributed by atoms with Gasteiger partial charge >= 0.3 is 5.97 Å². The highest BCUT2D eigenvalue weighted by Gasteiger charge is 2.24. The first-order valence-corrected chi connectivity index (χ1v) is 8.54. The fraction of sp³-hybridized carbons (Fsp3) is 0.579. The molecule has 0 radical (unpaired) electrons. The zero-order valence-corrected chi connectivity index (χ0v) is 14.0. The van der Waals surface area contributed by atoms with Crippen LogP contribution in [-0.2, 0) is 16.0 Å². The molecule has 4 heteroatoms. The molecular weight excluding hydrogens is 290 g/mol. The van der Waals surface area contributed by atoms with E-state index in [4.69, 9.17) is 0 Å². The second kappa shape index (κ2) is 8.14. The minimum absolute atomic E-state index is 0.0401. The standard InChI is InChI=1S/C19H27NO3/c1-13(2)10-16(19(22)23)12-20-18(21)11-15-8-5-7-14-6-3-4-9-17(14)15/h3-4,6,9,13,15-16H,5,7-8,10-12H2,1-2H3,(H,20,21)(H,22,23). The topological polar surface area (TPSA) is 66.4 Å². The van der Waals surface area contributed by atoms with Crippen LogP contribution in [0.5, 0.6) is 0 Å². The first-order chi connectivity index (χ1) is 11.0. The zero-order valence-electron chi connectivity index (χ0n) is 14.0. The van der Waals surface area contributed by atoms with Gasteiger partial charge in [0.05, 0.1) is 5.92 Å². The predicted molar refractivity (Wildman–Crippen MR) is 90.3 cm³/mol. The molecule has 2 N–H and O–H groups in total. The molecule has 1 aliphatic carbocycles. The van der Waals surface area contributed by atoms with Crippen molar-refractivity contribution in [3.63, 3.8) is 0 Å². The molecule has 0 aromatic heterocycles. The molecule has 0 saturated carbocycles. The van der Waals surface area contributed by atoms with Crippen molar-refractivity contribution in [3.8, 4) is 0 Å². The Labute approximate surface area is 138 Å². The van der Waals surface area contributed by atoms with Crippen molar-refractivity contribution < 1.29 is 14.7 Å². The molecule has 126 valence electrons. The molecule has 0 spiro atoms. The summed E-state index contributed by atoms with van der Waals surface area (Å²) in [5, 5.41) is 12.1. The molecule has 2 rings (SSSR count). The molecule has 4 nitrogen and oxygen atoms in total. The van der Waals surface area contributed by atoms with Gasteiger partial charge in [0.25, 0.3) is 0 Å². The maximum Gasteiger partial charge on any atom is 0.308 e. The Bertz CT molecular complexity index is 553. The van der Waals surface area contributed by atoms with E-state index in [2.05, 4.69) is 17.4 Å². The summed E-state index contributed by atoms with van der Waals surface area (Å²) in [7, 11) is 0. The van der Waals surface area contributed by atoms with Crippen molar-refractivity contribution in [2.75, 3.05) is 6.54 Å². The van der Waals surface area contributed by atoms with E-state index in [9.17, 15) is 14.7 Å². The van der Waals surface area contributed by atoms with Gasteiger partial charge in [0, 0.05) is 13.0 Å². The molecule has 0 aliphatic heterocycles. The van der Waals surface area contributed by atoms with Crippen LogP contribution in [0, 0.1) is 11.8 Å². The summed E-state index contributed by atoms with van der Waals surface area (Å²) in [4.78, 5) is 23.5. The number of aliphatic carboxylic acids is 1. The predicted octanol–water partition coefficient (Wildman–Crippen LogP) is 3.36. The quantitative estimate of drug-likeness (QED) is 0.810. The summed E-state index contributed by atoms with van der Waals surface area (Å²) in [6.07, 6.45) is 4.26. The van der Waals surface area contributed by atoms with Gasteiger partial charge in [0.1, 0.15) is 0 Å². The van der Waals surface area contributed by atoms with Gasteiger partial charge in [-0.3, -0.25) is 9.59 Å². The monoisotopic (exact) mass is 317 g/mol. The number of carbonyl (C=O) groups excluding carboxylic acids is 1. The van der Waals surface area contributed by atoms with Gasteiger partial charge in [-0.25, -0.2) is 0 Å². The van der Waals surface area contributed by atoms with Gasteiger partial charge in [0.15, 0.2) is 0 Å². The van der Waals surface area contributed by atoms with Crippen LogP contribution >= 0.6 is 0 Å². The molecular formula is C19H27NO3. The highest BCUT2D eigenvalue weighted by Crippen LogP contribution is 2.33. The second-order valence-electron chi connectivity index (χ2n) is 6.96. The van der Waals surface area contributed by atoms with E-state index < -0.39 is 11.9 Å². The Morgan fingerprint density at radius 2 is 2.04 bits per heavy atom. The lowest BCUT2D eigenvalue weighted by atomic mass is 9.81. The Balaban J connectivity index is 1.89. The summed E-state index contributed by atoms with van der Waals surface area (Å²) in [6, 6.07) is 8.33.